The second-order valence-corrected chi connectivity index (χ2v) is 6.03. The van der Waals surface area contributed by atoms with Crippen LogP contribution in [0.1, 0.15) is 21.2 Å². The first-order valence-corrected chi connectivity index (χ1v) is 8.71. The Morgan fingerprint density at radius 1 is 1.18 bits per heavy atom. The Morgan fingerprint density at radius 2 is 1.89 bits per heavy atom. The minimum absolute atomic E-state index is 0. The van der Waals surface area contributed by atoms with Crippen LogP contribution in [0.25, 0.3) is 29.5 Å². The van der Waals surface area contributed by atoms with E-state index in [2.05, 4.69) is 11.6 Å². The molecule has 0 aliphatic carbocycles. The van der Waals surface area contributed by atoms with E-state index in [1.54, 1.807) is 31.9 Å². The van der Waals surface area contributed by atoms with Crippen LogP contribution in [-0.2, 0) is 13.6 Å². The summed E-state index contributed by atoms with van der Waals surface area (Å²) in [6.45, 7) is 5.78. The van der Waals surface area contributed by atoms with Crippen LogP contribution < -0.4 is 20.7 Å². The maximum atomic E-state index is 12.7. The molecule has 0 aliphatic rings. The van der Waals surface area contributed by atoms with Gasteiger partial charge in [-0.25, -0.2) is 14.3 Å². The molecule has 0 N–H and O–H groups in total. The van der Waals surface area contributed by atoms with Crippen molar-refractivity contribution in [2.24, 2.45) is 7.05 Å². The number of imidazole rings is 1. The van der Waals surface area contributed by atoms with Crippen LogP contribution in [0.2, 0.25) is 0 Å². The van der Waals surface area contributed by atoms with Gasteiger partial charge in [-0.1, -0.05) is 18.7 Å². The van der Waals surface area contributed by atoms with Crippen molar-refractivity contribution in [1.82, 2.24) is 18.7 Å². The summed E-state index contributed by atoms with van der Waals surface area (Å²) in [5, 5.41) is 0. The number of aryl methyl sites for hydroxylation is 2. The Morgan fingerprint density at radius 3 is 2.50 bits per heavy atom. The van der Waals surface area contributed by atoms with Gasteiger partial charge in [0.15, 0.2) is 22.7 Å². The lowest BCUT2D eigenvalue weighted by atomic mass is 10.2. The lowest BCUT2D eigenvalue weighted by molar-refractivity contribution is 0.355. The number of benzene rings is 1. The normalized spacial score (nSPS) is 11.3. The molecule has 0 radical (unpaired) electrons. The quantitative estimate of drug-likeness (QED) is 0.651. The Balaban J connectivity index is 0.00000225. The van der Waals surface area contributed by atoms with Gasteiger partial charge in [0.1, 0.15) is 5.82 Å². The Labute approximate surface area is 164 Å². The van der Waals surface area contributed by atoms with Gasteiger partial charge in [0, 0.05) is 22.6 Å². The first-order valence-electron chi connectivity index (χ1n) is 8.71. The highest BCUT2D eigenvalue weighted by Gasteiger charge is 2.17. The largest absolute Gasteiger partial charge is 0.493 e. The van der Waals surface area contributed by atoms with Gasteiger partial charge in [-0.05, 0) is 30.7 Å². The number of aromatic nitrogens is 4. The first kappa shape index (κ1) is 19.2. The van der Waals surface area contributed by atoms with Crippen molar-refractivity contribution < 1.29 is 12.3 Å². The second-order valence-electron chi connectivity index (χ2n) is 6.03. The van der Waals surface area contributed by atoms with E-state index >= 15 is 0 Å². The van der Waals surface area contributed by atoms with Crippen molar-refractivity contribution in [3.63, 3.8) is 0 Å². The summed E-state index contributed by atoms with van der Waals surface area (Å²) in [5.74, 6) is 1.80. The summed E-state index contributed by atoms with van der Waals surface area (Å²) in [4.78, 5) is 29.6. The molecule has 0 bridgehead atoms. The molecule has 8 nitrogen and oxygen atoms in total. The molecule has 0 fully saturated rings. The smallest absolute Gasteiger partial charge is 0.336 e. The summed E-state index contributed by atoms with van der Waals surface area (Å²) in [7, 11) is 4.89. The predicted octanol–water partition coefficient (Wildman–Crippen LogP) is 2.70. The molecule has 0 amide bonds. The zero-order valence-corrected chi connectivity index (χ0v) is 16.3. The third-order valence-electron chi connectivity index (χ3n) is 4.56. The summed E-state index contributed by atoms with van der Waals surface area (Å²) in [6.07, 6.45) is 4.86. The van der Waals surface area contributed by atoms with E-state index in [0.29, 0.717) is 35.0 Å². The van der Waals surface area contributed by atoms with Gasteiger partial charge in [-0.2, -0.15) is 0 Å². The van der Waals surface area contributed by atoms with Crippen LogP contribution in [0.3, 0.4) is 0 Å². The van der Waals surface area contributed by atoms with E-state index in [1.165, 1.54) is 10.8 Å². The monoisotopic (exact) mass is 386 g/mol. The molecule has 0 saturated carbocycles. The lowest BCUT2D eigenvalue weighted by Gasteiger charge is -2.07. The van der Waals surface area contributed by atoms with E-state index in [-0.39, 0.29) is 2.85 Å². The van der Waals surface area contributed by atoms with Gasteiger partial charge < -0.3 is 14.0 Å². The molecule has 28 heavy (non-hydrogen) atoms. The molecule has 0 spiro atoms. The van der Waals surface area contributed by atoms with Crippen LogP contribution in [0.5, 0.6) is 11.5 Å². The fraction of sp³-hybridized carbons (Fsp3) is 0.250. The number of rotatable bonds is 6. The van der Waals surface area contributed by atoms with Gasteiger partial charge in [-0.15, -0.1) is 0 Å². The topological polar surface area (TPSA) is 80.3 Å². The number of hydrogen-bond donors (Lipinski definition) is 0. The zero-order valence-electron chi connectivity index (χ0n) is 16.3. The molecule has 8 heteroatoms. The van der Waals surface area contributed by atoms with Crippen molar-refractivity contribution in [2.75, 3.05) is 14.2 Å². The van der Waals surface area contributed by atoms with Crippen LogP contribution in [-0.4, -0.2) is 32.9 Å². The molecular formula is C20H26N4O4. The minimum atomic E-state index is -0.455. The van der Waals surface area contributed by atoms with Crippen molar-refractivity contribution >= 4 is 29.5 Å². The van der Waals surface area contributed by atoms with Gasteiger partial charge in [0.2, 0.25) is 0 Å². The van der Waals surface area contributed by atoms with Gasteiger partial charge >= 0.3 is 5.69 Å². The van der Waals surface area contributed by atoms with Crippen LogP contribution in [0.4, 0.5) is 0 Å². The Hall–Kier alpha value is -3.55. The number of methoxy groups -OCH3 is 2. The lowest BCUT2D eigenvalue weighted by Crippen LogP contribution is -2.37. The molecular weight excluding hydrogens is 360 g/mol. The molecule has 0 unspecified atom stereocenters. The molecule has 3 aromatic rings. The Kier molecular flexibility index (Phi) is 5.21. The van der Waals surface area contributed by atoms with E-state index < -0.39 is 11.2 Å². The molecule has 2 aromatic heterocycles. The fourth-order valence-electron chi connectivity index (χ4n) is 3.07. The van der Waals surface area contributed by atoms with Gasteiger partial charge in [0.25, 0.3) is 5.56 Å². The molecule has 0 saturated heterocycles. The van der Waals surface area contributed by atoms with Crippen LogP contribution >= 0.6 is 0 Å². The summed E-state index contributed by atoms with van der Waals surface area (Å²) in [6, 6.07) is 5.53. The summed E-state index contributed by atoms with van der Waals surface area (Å²) < 4.78 is 14.7. The number of hydrogen-bond acceptors (Lipinski definition) is 5. The highest BCUT2D eigenvalue weighted by Crippen LogP contribution is 2.28. The SMILES string of the molecule is C=Cn1c(=O)c2c(nc(/C=C/c3ccc(OC)c(OC)c3)n2C)n(CC)c1=O.[HH].[HH]. The average Bonchev–Trinajstić information content (AvgIpc) is 3.03. The van der Waals surface area contributed by atoms with Gasteiger partial charge in [-0.3, -0.25) is 9.36 Å². The van der Waals surface area contributed by atoms with Crippen LogP contribution in [0.15, 0.2) is 34.4 Å². The van der Waals surface area contributed by atoms with Crippen LogP contribution in [0, 0.1) is 0 Å². The zero-order chi connectivity index (χ0) is 20.4. The number of fused-ring (bicyclic) bond motifs is 1. The summed E-state index contributed by atoms with van der Waals surface area (Å²) >= 11 is 0. The highest BCUT2D eigenvalue weighted by molar-refractivity contribution is 5.77. The number of nitrogens with zero attached hydrogens (tertiary/aromatic N) is 4. The standard InChI is InChI=1S/C20H22N4O4.2H2/c1-6-23-18-17(19(25)24(7-2)20(23)26)22(3)16(21-18)11-9-13-8-10-14(27-4)15(12-13)28-5;;/h7-12H,2,6H2,1,3-5H3;2*1H/b11-9+;;. The third kappa shape index (κ3) is 3.02. The minimum Gasteiger partial charge on any atom is -0.493 e. The second kappa shape index (κ2) is 7.59. The molecule has 150 valence electrons. The number of ether oxygens (including phenoxy) is 2. The maximum absolute atomic E-state index is 12.7. The van der Waals surface area contributed by atoms with Crippen molar-refractivity contribution in [3.8, 4) is 11.5 Å². The molecule has 0 aliphatic heterocycles. The van der Waals surface area contributed by atoms with Crippen molar-refractivity contribution in [1.29, 1.82) is 0 Å². The highest BCUT2D eigenvalue weighted by atomic mass is 16.5. The predicted molar refractivity (Wildman–Crippen MR) is 114 cm³/mol. The van der Waals surface area contributed by atoms with E-state index in [9.17, 15) is 9.59 Å². The molecule has 1 aromatic carbocycles. The molecule has 3 rings (SSSR count). The summed E-state index contributed by atoms with van der Waals surface area (Å²) in [5.41, 5.74) is 0.670. The third-order valence-corrected chi connectivity index (χ3v) is 4.56. The van der Waals surface area contributed by atoms with E-state index in [1.807, 2.05) is 31.2 Å². The first-order chi connectivity index (χ1) is 13.5. The van der Waals surface area contributed by atoms with E-state index in [0.717, 1.165) is 10.1 Å². The maximum Gasteiger partial charge on any atom is 0.336 e. The average molecular weight is 386 g/mol. The van der Waals surface area contributed by atoms with E-state index in [4.69, 9.17) is 9.47 Å². The van der Waals surface area contributed by atoms with Crippen molar-refractivity contribution in [2.45, 2.75) is 13.5 Å². The molecule has 0 atom stereocenters. The van der Waals surface area contributed by atoms with Crippen molar-refractivity contribution in [3.05, 3.63) is 57.0 Å². The molecule has 2 heterocycles. The van der Waals surface area contributed by atoms with Gasteiger partial charge in [0.05, 0.1) is 14.2 Å². The Bertz CT molecular complexity index is 1210. The fourth-order valence-corrected chi connectivity index (χ4v) is 3.07.